The van der Waals surface area contributed by atoms with Crippen LogP contribution in [0.3, 0.4) is 0 Å². The second-order valence-electron chi connectivity index (χ2n) is 12.7. The van der Waals surface area contributed by atoms with E-state index in [2.05, 4.69) is 15.2 Å². The molecule has 1 aromatic carbocycles. The van der Waals surface area contributed by atoms with Gasteiger partial charge in [-0.2, -0.15) is 10.2 Å². The highest BCUT2D eigenvalue weighted by Gasteiger charge is 2.62. The third-order valence-electron chi connectivity index (χ3n) is 9.30. The fourth-order valence-electron chi connectivity index (χ4n) is 6.82. The molecule has 0 radical (unpaired) electrons. The highest BCUT2D eigenvalue weighted by Crippen LogP contribution is 2.44. The topological polar surface area (TPSA) is 144 Å². The Morgan fingerprint density at radius 3 is 2.50 bits per heavy atom. The van der Waals surface area contributed by atoms with Crippen molar-refractivity contribution >= 4 is 52.4 Å². The van der Waals surface area contributed by atoms with E-state index in [1.165, 1.54) is 32.1 Å². The molecular formula is C28H34B3FN8O4. The number of aromatic nitrogens is 5. The van der Waals surface area contributed by atoms with Gasteiger partial charge in [0.1, 0.15) is 44.5 Å². The number of halogens is 1. The van der Waals surface area contributed by atoms with Crippen LogP contribution in [0.1, 0.15) is 39.7 Å². The standard InChI is InChI=1S/C28H34B3FN8O4/c1-15(41)40-26(2,3)25(42)37(27(29,30)28(40,31)43)22-12-16(4-5-19(22)32)21-13-18(23-24(33)34-14-36-39(21)23)20-6-9-35-38(20)17-7-10-44-11-8-17/h4-6,9,12-14,17,43H,7-8,10-11,29-31H2,1-3H3,(H2,33,34,36). The van der Waals surface area contributed by atoms with Crippen molar-refractivity contribution in [1.82, 2.24) is 29.3 Å². The van der Waals surface area contributed by atoms with Gasteiger partial charge in [-0.1, -0.05) is 0 Å². The van der Waals surface area contributed by atoms with Gasteiger partial charge in [0.25, 0.3) is 5.91 Å². The van der Waals surface area contributed by atoms with E-state index in [9.17, 15) is 14.7 Å². The fourth-order valence-corrected chi connectivity index (χ4v) is 6.82. The third kappa shape index (κ3) is 4.26. The highest BCUT2D eigenvalue weighted by atomic mass is 19.1. The van der Waals surface area contributed by atoms with Crippen LogP contribution in [0.15, 0.2) is 42.9 Å². The summed E-state index contributed by atoms with van der Waals surface area (Å²) in [6.07, 6.45) is 4.73. The minimum absolute atomic E-state index is 0.0418. The van der Waals surface area contributed by atoms with Crippen LogP contribution in [0.5, 0.6) is 0 Å². The van der Waals surface area contributed by atoms with Gasteiger partial charge >= 0.3 is 0 Å². The largest absolute Gasteiger partial charge is 0.382 e. The SMILES string of the molecule is BC1(B)N(c2cc(-c3cc(-c4ccnn4C4CCOCC4)c4c(N)ncnn34)ccc2F)C(=O)C(C)(C)N(C(C)=O)C1(B)O. The molecule has 2 saturated heterocycles. The molecule has 16 heteroatoms. The number of carbonyl (C=O) groups excluding carboxylic acids is 2. The van der Waals surface area contributed by atoms with Crippen LogP contribution in [0.4, 0.5) is 15.9 Å². The van der Waals surface area contributed by atoms with Gasteiger partial charge in [0.2, 0.25) is 5.91 Å². The van der Waals surface area contributed by atoms with Crippen molar-refractivity contribution < 1.29 is 23.8 Å². The van der Waals surface area contributed by atoms with Gasteiger partial charge < -0.3 is 25.4 Å². The lowest BCUT2D eigenvalue weighted by Gasteiger charge is -2.63. The number of fused-ring (bicyclic) bond motifs is 1. The van der Waals surface area contributed by atoms with Crippen molar-refractivity contribution in [3.63, 3.8) is 0 Å². The van der Waals surface area contributed by atoms with Crippen LogP contribution < -0.4 is 10.6 Å². The summed E-state index contributed by atoms with van der Waals surface area (Å²) in [5.74, 6) is -1.41. The summed E-state index contributed by atoms with van der Waals surface area (Å²) in [6.45, 7) is 5.68. The van der Waals surface area contributed by atoms with E-state index in [0.29, 0.717) is 30.0 Å². The first kappa shape index (κ1) is 29.9. The Morgan fingerprint density at radius 1 is 1.11 bits per heavy atom. The molecule has 3 N–H and O–H groups in total. The molecule has 2 fully saturated rings. The summed E-state index contributed by atoms with van der Waals surface area (Å²) in [4.78, 5) is 33.4. The molecule has 6 rings (SSSR count). The summed E-state index contributed by atoms with van der Waals surface area (Å²) in [5.41, 5.74) is 6.36. The van der Waals surface area contributed by atoms with E-state index in [1.54, 1.807) is 52.4 Å². The predicted molar refractivity (Wildman–Crippen MR) is 171 cm³/mol. The summed E-state index contributed by atoms with van der Waals surface area (Å²) in [5, 5.41) is 19.4. The lowest BCUT2D eigenvalue weighted by atomic mass is 9.46. The molecule has 1 atom stereocenters. The smallest absolute Gasteiger partial charge is 0.251 e. The number of nitrogens with two attached hydrogens (primary N) is 1. The maximum absolute atomic E-state index is 15.8. The zero-order valence-electron chi connectivity index (χ0n) is 25.7. The van der Waals surface area contributed by atoms with Gasteiger partial charge in [-0.3, -0.25) is 14.3 Å². The molecule has 0 saturated carbocycles. The number of nitrogen functional groups attached to an aromatic ring is 1. The Kier molecular flexibility index (Phi) is 6.93. The Labute approximate surface area is 256 Å². The Bertz CT molecular complexity index is 1800. The molecule has 0 aliphatic carbocycles. The lowest BCUT2D eigenvalue weighted by molar-refractivity contribution is -0.174. The normalized spacial score (nSPS) is 22.1. The molecule has 1 unspecified atom stereocenters. The number of aliphatic hydroxyl groups is 1. The first-order valence-corrected chi connectivity index (χ1v) is 14.6. The Balaban J connectivity index is 1.52. The van der Waals surface area contributed by atoms with Crippen LogP contribution in [-0.4, -0.2) is 99.5 Å². The van der Waals surface area contributed by atoms with Crippen molar-refractivity contribution in [3.05, 3.63) is 48.7 Å². The molecule has 2 amide bonds. The number of nitrogens with zero attached hydrogens (tertiary/aromatic N) is 7. The number of carbonyl (C=O) groups is 2. The van der Waals surface area contributed by atoms with Crippen molar-refractivity contribution in [1.29, 1.82) is 0 Å². The van der Waals surface area contributed by atoms with E-state index in [-0.39, 0.29) is 17.5 Å². The Morgan fingerprint density at radius 2 is 1.82 bits per heavy atom. The zero-order valence-corrected chi connectivity index (χ0v) is 25.7. The van der Waals surface area contributed by atoms with Gasteiger partial charge in [-0.25, -0.2) is 13.9 Å². The molecule has 2 aliphatic heterocycles. The third-order valence-corrected chi connectivity index (χ3v) is 9.30. The Hall–Kier alpha value is -4.17. The number of amides is 2. The van der Waals surface area contributed by atoms with Crippen LogP contribution in [-0.2, 0) is 14.3 Å². The molecule has 3 aromatic heterocycles. The van der Waals surface area contributed by atoms with E-state index in [4.69, 9.17) is 10.5 Å². The minimum atomic E-state index is -1.84. The number of rotatable bonds is 4. The molecule has 0 bridgehead atoms. The summed E-state index contributed by atoms with van der Waals surface area (Å²) in [7, 11) is 4.68. The van der Waals surface area contributed by atoms with Crippen LogP contribution >= 0.6 is 0 Å². The predicted octanol–water partition coefficient (Wildman–Crippen LogP) is -0.494. The molecule has 4 aromatic rings. The number of benzene rings is 1. The van der Waals surface area contributed by atoms with Crippen molar-refractivity contribution in [2.24, 2.45) is 0 Å². The maximum Gasteiger partial charge on any atom is 0.251 e. The fraction of sp³-hybridized carbons (Fsp3) is 0.393. The van der Waals surface area contributed by atoms with Crippen molar-refractivity contribution in [2.45, 2.75) is 56.2 Å². The van der Waals surface area contributed by atoms with Crippen LogP contribution in [0.2, 0.25) is 0 Å². The average molecular weight is 598 g/mol. The first-order chi connectivity index (χ1) is 20.7. The van der Waals surface area contributed by atoms with Gasteiger partial charge in [-0.05, 0) is 57.0 Å². The number of ether oxygens (including phenoxy) is 1. The van der Waals surface area contributed by atoms with Gasteiger partial charge in [0.15, 0.2) is 13.7 Å². The molecule has 44 heavy (non-hydrogen) atoms. The van der Waals surface area contributed by atoms with E-state index in [1.807, 2.05) is 16.8 Å². The molecule has 12 nitrogen and oxygen atoms in total. The van der Waals surface area contributed by atoms with Crippen LogP contribution in [0, 0.1) is 5.82 Å². The quantitative estimate of drug-likeness (QED) is 0.300. The zero-order chi connectivity index (χ0) is 31.8. The summed E-state index contributed by atoms with van der Waals surface area (Å²) >= 11 is 0. The van der Waals surface area contributed by atoms with Crippen LogP contribution in [0.25, 0.3) is 28.0 Å². The summed E-state index contributed by atoms with van der Waals surface area (Å²) < 4.78 is 25.0. The molecular weight excluding hydrogens is 564 g/mol. The number of hydrogen-bond acceptors (Lipinski definition) is 8. The number of piperazine rings is 1. The second kappa shape index (κ2) is 10.2. The molecule has 5 heterocycles. The van der Waals surface area contributed by atoms with Crippen molar-refractivity contribution in [3.8, 4) is 22.5 Å². The lowest BCUT2D eigenvalue weighted by Crippen LogP contribution is -2.85. The average Bonchev–Trinajstić information content (AvgIpc) is 3.59. The van der Waals surface area contributed by atoms with Gasteiger partial charge in [0, 0.05) is 42.8 Å². The number of anilines is 2. The maximum atomic E-state index is 15.8. The van der Waals surface area contributed by atoms with Gasteiger partial charge in [0.05, 0.1) is 23.1 Å². The highest BCUT2D eigenvalue weighted by molar-refractivity contribution is 6.49. The second-order valence-corrected chi connectivity index (χ2v) is 12.7. The van der Waals surface area contributed by atoms with Crippen molar-refractivity contribution in [2.75, 3.05) is 23.8 Å². The summed E-state index contributed by atoms with van der Waals surface area (Å²) in [6, 6.07) is 8.41. The molecule has 2 aliphatic rings. The molecule has 0 spiro atoms. The monoisotopic (exact) mass is 598 g/mol. The van der Waals surface area contributed by atoms with E-state index < -0.39 is 34.1 Å². The van der Waals surface area contributed by atoms with Gasteiger partial charge in [-0.15, -0.1) is 0 Å². The number of hydrogen-bond donors (Lipinski definition) is 2. The van der Waals surface area contributed by atoms with E-state index >= 15 is 4.39 Å². The minimum Gasteiger partial charge on any atom is -0.382 e. The first-order valence-electron chi connectivity index (χ1n) is 14.6. The van der Waals surface area contributed by atoms with E-state index in [0.717, 1.165) is 29.0 Å². The molecule has 226 valence electrons.